The number of hydrogen-bond donors (Lipinski definition) is 8. The highest BCUT2D eigenvalue weighted by Gasteiger charge is 2.64. The second kappa shape index (κ2) is 8.49. The van der Waals surface area contributed by atoms with Crippen molar-refractivity contribution in [1.82, 2.24) is 19.5 Å². The topological polar surface area (TPSA) is 299 Å². The van der Waals surface area contributed by atoms with Crippen LogP contribution < -0.4 is 11.3 Å². The number of aromatic nitrogens is 4. The third-order valence-electron chi connectivity index (χ3n) is 4.31. The van der Waals surface area contributed by atoms with E-state index in [1.807, 2.05) is 0 Å². The number of anilines is 1. The highest BCUT2D eigenvalue weighted by Crippen LogP contribution is 2.66. The molecule has 1 saturated heterocycles. The number of nitrogens with zero attached hydrogens (tertiary/aromatic N) is 3. The molecule has 0 bridgehead atoms. The van der Waals surface area contributed by atoms with Crippen molar-refractivity contribution in [3.05, 3.63) is 16.7 Å². The molecule has 1 aliphatic rings. The van der Waals surface area contributed by atoms with Crippen molar-refractivity contribution in [3.8, 4) is 0 Å². The van der Waals surface area contributed by atoms with E-state index >= 15 is 4.39 Å². The van der Waals surface area contributed by atoms with Gasteiger partial charge in [0.05, 0.1) is 6.33 Å². The van der Waals surface area contributed by atoms with E-state index in [0.29, 0.717) is 0 Å². The molecule has 19 nitrogen and oxygen atoms in total. The summed E-state index contributed by atoms with van der Waals surface area (Å²) in [5.74, 6) is -3.88. The molecule has 0 amide bonds. The number of phosphoric ester groups is 1. The summed E-state index contributed by atoms with van der Waals surface area (Å²) in [6.07, 6.45) is -3.50. The van der Waals surface area contributed by atoms with Gasteiger partial charge < -0.3 is 40.3 Å². The fraction of sp³-hybridized carbons (Fsp3) is 0.545. The minimum atomic E-state index is -5.89. The van der Waals surface area contributed by atoms with Crippen LogP contribution in [-0.2, 0) is 31.6 Å². The number of nitrogens with two attached hydrogens (primary N) is 1. The number of imidazole rings is 1. The standard InChI is InChI=1S/C11H17FN5O14P3/c1-10(20)7(19)11(12,2-28-33(24,25)31-34(26,27)30-32(21,22)23)29-8(10)17-3-14-4-5(17)15-9(13)16-6(4)18/h3,7-8,19-20H,2H2,1H3,(H,24,25)(H,26,27)(H2,21,22,23)(H3,13,15,16,18)/t7-,8+,10+,11+/m0/s1. The largest absolute Gasteiger partial charge is 0.490 e. The number of fused-ring (bicyclic) bond motifs is 1. The molecule has 6 atom stereocenters. The molecule has 34 heavy (non-hydrogen) atoms. The minimum Gasteiger partial charge on any atom is -0.384 e. The normalized spacial score (nSPS) is 31.4. The Morgan fingerprint density at radius 3 is 2.47 bits per heavy atom. The summed E-state index contributed by atoms with van der Waals surface area (Å²) in [6, 6.07) is 0. The molecule has 3 rings (SSSR count). The van der Waals surface area contributed by atoms with E-state index in [2.05, 4.69) is 28.1 Å². The molecule has 1 aliphatic heterocycles. The maximum atomic E-state index is 15.4. The third-order valence-corrected chi connectivity index (χ3v) is 8.10. The lowest BCUT2D eigenvalue weighted by atomic mass is 9.95. The molecule has 9 N–H and O–H groups in total. The molecule has 0 spiro atoms. The fourth-order valence-electron chi connectivity index (χ4n) is 2.98. The molecule has 0 aliphatic carbocycles. The van der Waals surface area contributed by atoms with E-state index in [0.717, 1.165) is 17.8 Å². The number of H-pyrrole nitrogens is 1. The Bertz CT molecular complexity index is 1310. The number of nitrogens with one attached hydrogen (secondary N) is 1. The first kappa shape index (κ1) is 27.0. The second-order valence-corrected chi connectivity index (χ2v) is 11.4. The summed E-state index contributed by atoms with van der Waals surface area (Å²) in [4.78, 5) is 57.2. The smallest absolute Gasteiger partial charge is 0.384 e. The van der Waals surface area contributed by atoms with E-state index in [1.54, 1.807) is 0 Å². The molecule has 2 aromatic heterocycles. The van der Waals surface area contributed by atoms with Crippen LogP contribution in [0.4, 0.5) is 10.3 Å². The average Bonchev–Trinajstić information content (AvgIpc) is 3.11. The van der Waals surface area contributed by atoms with Crippen LogP contribution in [0.25, 0.3) is 11.2 Å². The van der Waals surface area contributed by atoms with Gasteiger partial charge in [-0.05, 0) is 6.92 Å². The van der Waals surface area contributed by atoms with Gasteiger partial charge in [0.1, 0.15) is 18.3 Å². The maximum absolute atomic E-state index is 15.4. The van der Waals surface area contributed by atoms with Gasteiger partial charge in [-0.15, -0.1) is 0 Å². The minimum absolute atomic E-state index is 0.295. The lowest BCUT2D eigenvalue weighted by Gasteiger charge is -2.27. The summed E-state index contributed by atoms with van der Waals surface area (Å²) in [6.45, 7) is -0.843. The number of aliphatic hydroxyl groups is 2. The predicted molar refractivity (Wildman–Crippen MR) is 103 cm³/mol. The molecule has 1 fully saturated rings. The zero-order valence-corrected chi connectivity index (χ0v) is 19.2. The Morgan fingerprint density at radius 2 is 1.88 bits per heavy atom. The van der Waals surface area contributed by atoms with Gasteiger partial charge in [0, 0.05) is 0 Å². The van der Waals surface area contributed by atoms with E-state index < -0.39 is 59.4 Å². The van der Waals surface area contributed by atoms with Crippen LogP contribution in [0.15, 0.2) is 11.1 Å². The average molecular weight is 555 g/mol. The maximum Gasteiger partial charge on any atom is 0.490 e. The summed E-state index contributed by atoms with van der Waals surface area (Å²) in [7, 11) is -17.3. The summed E-state index contributed by atoms with van der Waals surface area (Å²) in [5.41, 5.74) is 1.54. The number of aliphatic hydroxyl groups excluding tert-OH is 1. The van der Waals surface area contributed by atoms with Crippen LogP contribution in [0.3, 0.4) is 0 Å². The summed E-state index contributed by atoms with van der Waals surface area (Å²) in [5, 5.41) is 20.9. The first-order valence-electron chi connectivity index (χ1n) is 8.54. The van der Waals surface area contributed by atoms with Crippen molar-refractivity contribution in [2.45, 2.75) is 30.7 Å². The lowest BCUT2D eigenvalue weighted by molar-refractivity contribution is -0.203. The molecule has 23 heteroatoms. The van der Waals surface area contributed by atoms with Crippen LogP contribution in [0.2, 0.25) is 0 Å². The van der Waals surface area contributed by atoms with Gasteiger partial charge >= 0.3 is 23.5 Å². The van der Waals surface area contributed by atoms with Crippen LogP contribution in [-0.4, -0.2) is 73.5 Å². The van der Waals surface area contributed by atoms with E-state index in [-0.39, 0.29) is 17.1 Å². The van der Waals surface area contributed by atoms with Crippen LogP contribution in [0.5, 0.6) is 0 Å². The Labute approximate surface area is 186 Å². The van der Waals surface area contributed by atoms with Gasteiger partial charge in [0.25, 0.3) is 11.4 Å². The number of nitrogen functional groups attached to an aromatic ring is 1. The predicted octanol–water partition coefficient (Wildman–Crippen LogP) is -1.65. The number of rotatable bonds is 8. The summed E-state index contributed by atoms with van der Waals surface area (Å²) >= 11 is 0. The van der Waals surface area contributed by atoms with E-state index in [9.17, 15) is 33.6 Å². The number of ether oxygens (including phenoxy) is 1. The van der Waals surface area contributed by atoms with Crippen LogP contribution >= 0.6 is 23.5 Å². The van der Waals surface area contributed by atoms with Crippen LogP contribution in [0.1, 0.15) is 13.2 Å². The number of phosphoric acid groups is 3. The molecule has 2 unspecified atom stereocenters. The second-order valence-electron chi connectivity index (χ2n) is 7.02. The third kappa shape index (κ3) is 5.44. The van der Waals surface area contributed by atoms with Crippen molar-refractivity contribution in [3.63, 3.8) is 0 Å². The van der Waals surface area contributed by atoms with Crippen LogP contribution in [0, 0.1) is 0 Å². The quantitative estimate of drug-likeness (QED) is 0.169. The van der Waals surface area contributed by atoms with Gasteiger partial charge in [0.2, 0.25) is 5.95 Å². The van der Waals surface area contributed by atoms with Crippen molar-refractivity contribution >= 4 is 40.6 Å². The van der Waals surface area contributed by atoms with Crippen molar-refractivity contribution in [2.75, 3.05) is 12.3 Å². The van der Waals surface area contributed by atoms with Gasteiger partial charge in [-0.25, -0.2) is 23.1 Å². The molecule has 2 aromatic rings. The fourth-order valence-corrected chi connectivity index (χ4v) is 6.01. The number of alkyl halides is 1. The van der Waals surface area contributed by atoms with Crippen molar-refractivity contribution < 1.29 is 65.8 Å². The Kier molecular flexibility index (Phi) is 6.74. The van der Waals surface area contributed by atoms with Gasteiger partial charge in [-0.3, -0.25) is 18.9 Å². The Balaban J connectivity index is 1.84. The summed E-state index contributed by atoms with van der Waals surface area (Å²) < 4.78 is 66.1. The van der Waals surface area contributed by atoms with Gasteiger partial charge in [-0.2, -0.15) is 13.6 Å². The molecule has 192 valence electrons. The van der Waals surface area contributed by atoms with Gasteiger partial charge in [-0.1, -0.05) is 0 Å². The highest BCUT2D eigenvalue weighted by molar-refractivity contribution is 7.66. The van der Waals surface area contributed by atoms with Gasteiger partial charge in [0.15, 0.2) is 17.4 Å². The molecular weight excluding hydrogens is 538 g/mol. The van der Waals surface area contributed by atoms with E-state index in [1.165, 1.54) is 0 Å². The highest BCUT2D eigenvalue weighted by atomic mass is 31.3. The molecule has 0 radical (unpaired) electrons. The number of halogens is 1. The SMILES string of the molecule is C[C@]1(O)[C@H](n2cnc3c(=O)[nH]c(N)nc32)O[C@](F)(COP(=O)(O)OP(=O)(O)OP(=O)(O)O)[C@H]1O. The van der Waals surface area contributed by atoms with Crippen molar-refractivity contribution in [1.29, 1.82) is 0 Å². The zero-order valence-electron chi connectivity index (χ0n) is 16.5. The first-order chi connectivity index (χ1) is 15.3. The molecule has 0 aromatic carbocycles. The Morgan fingerprint density at radius 1 is 1.26 bits per heavy atom. The molecular formula is C11H17FN5O14P3. The Hall–Kier alpha value is -1.63. The molecule has 0 saturated carbocycles. The monoisotopic (exact) mass is 555 g/mol. The zero-order chi connectivity index (χ0) is 25.9. The number of hydrogen-bond acceptors (Lipinski definition) is 13. The number of aromatic amines is 1. The molecule has 3 heterocycles. The van der Waals surface area contributed by atoms with E-state index in [4.69, 9.17) is 25.2 Å². The van der Waals surface area contributed by atoms with Crippen molar-refractivity contribution in [2.24, 2.45) is 0 Å². The first-order valence-corrected chi connectivity index (χ1v) is 13.1. The lowest BCUT2D eigenvalue weighted by Crippen LogP contribution is -2.49.